The molecule has 0 aliphatic heterocycles. The van der Waals surface area contributed by atoms with Gasteiger partial charge in [-0.25, -0.2) is 0 Å². The lowest BCUT2D eigenvalue weighted by molar-refractivity contribution is 1.78. The third-order valence-corrected chi connectivity index (χ3v) is 7.21. The summed E-state index contributed by atoms with van der Waals surface area (Å²) in [6.07, 6.45) is 0. The fourth-order valence-corrected chi connectivity index (χ4v) is 4.07. The summed E-state index contributed by atoms with van der Waals surface area (Å²) >= 11 is 23.9. The molecule has 14 heavy (non-hydrogen) atoms. The van der Waals surface area contributed by atoms with Crippen molar-refractivity contribution in [1.82, 2.24) is 0 Å². The van der Waals surface area contributed by atoms with Gasteiger partial charge in [0.1, 0.15) is 0 Å². The first kappa shape index (κ1) is 12.9. The van der Waals surface area contributed by atoms with Gasteiger partial charge >= 0.3 is 6.00 Å². The monoisotopic (exact) mass is 302 g/mol. The molecule has 0 spiro atoms. The van der Waals surface area contributed by atoms with E-state index >= 15 is 0 Å². The molecule has 1 rings (SSSR count). The van der Waals surface area contributed by atoms with Gasteiger partial charge in [-0.2, -0.15) is 11.1 Å². The summed E-state index contributed by atoms with van der Waals surface area (Å²) in [6.45, 7) is 4.13. The van der Waals surface area contributed by atoms with Crippen LogP contribution in [0, 0.1) is 0 Å². The summed E-state index contributed by atoms with van der Waals surface area (Å²) in [7, 11) is -1.76. The van der Waals surface area contributed by atoms with Gasteiger partial charge in [-0.3, -0.25) is 0 Å². The van der Waals surface area contributed by atoms with Crippen molar-refractivity contribution in [3.63, 3.8) is 0 Å². The van der Waals surface area contributed by atoms with Gasteiger partial charge in [-0.15, -0.1) is 33.2 Å². The Morgan fingerprint density at radius 3 is 1.43 bits per heavy atom. The van der Waals surface area contributed by atoms with Gasteiger partial charge in [0, 0.05) is 0 Å². The molecule has 0 heterocycles. The highest BCUT2D eigenvalue weighted by atomic mass is 35.8. The van der Waals surface area contributed by atoms with Crippen LogP contribution in [0.15, 0.2) is 24.3 Å². The van der Waals surface area contributed by atoms with E-state index in [1.165, 1.54) is 0 Å². The number of hydrogen-bond acceptors (Lipinski definition) is 0. The zero-order valence-corrected chi connectivity index (χ0v) is 12.8. The first-order valence-electron chi connectivity index (χ1n) is 4.08. The highest BCUT2D eigenvalue weighted by Crippen LogP contribution is 2.19. The Bertz CT molecular complexity index is 277. The molecule has 0 N–H and O–H groups in total. The van der Waals surface area contributed by atoms with Gasteiger partial charge < -0.3 is 0 Å². The predicted molar refractivity (Wildman–Crippen MR) is 72.4 cm³/mol. The van der Waals surface area contributed by atoms with E-state index in [0.29, 0.717) is 0 Å². The standard InChI is InChI=1S/C8H10Cl4Si2/c1-13(2,9)7-3-5-8(6-4-7)14(10,11)12/h3-6H,1-2H3. The molecule has 0 amide bonds. The average Bonchev–Trinajstić information content (AvgIpc) is 2.01. The van der Waals surface area contributed by atoms with Crippen LogP contribution in [0.1, 0.15) is 0 Å². The van der Waals surface area contributed by atoms with Crippen LogP contribution in [0.4, 0.5) is 0 Å². The van der Waals surface area contributed by atoms with Gasteiger partial charge in [0.15, 0.2) is 7.38 Å². The van der Waals surface area contributed by atoms with Gasteiger partial charge in [0.2, 0.25) is 0 Å². The molecule has 1 aromatic carbocycles. The Hall–Kier alpha value is 0.814. The Morgan fingerprint density at radius 2 is 1.14 bits per heavy atom. The quantitative estimate of drug-likeness (QED) is 0.581. The normalized spacial score (nSPS) is 13.0. The third-order valence-electron chi connectivity index (χ3n) is 1.90. The summed E-state index contributed by atoms with van der Waals surface area (Å²) in [4.78, 5) is 0. The van der Waals surface area contributed by atoms with E-state index in [1.54, 1.807) is 0 Å². The summed E-state index contributed by atoms with van der Waals surface area (Å²) < 4.78 is 0. The maximum absolute atomic E-state index is 6.28. The number of benzene rings is 1. The smallest absolute Gasteiger partial charge is 0.162 e. The van der Waals surface area contributed by atoms with Crippen LogP contribution in [0.2, 0.25) is 13.1 Å². The van der Waals surface area contributed by atoms with Gasteiger partial charge in [0.25, 0.3) is 0 Å². The topological polar surface area (TPSA) is 0 Å². The van der Waals surface area contributed by atoms with Crippen LogP contribution in [0.3, 0.4) is 0 Å². The van der Waals surface area contributed by atoms with Crippen LogP contribution < -0.4 is 10.4 Å². The third kappa shape index (κ3) is 3.44. The van der Waals surface area contributed by atoms with Crippen molar-refractivity contribution < 1.29 is 0 Å². The van der Waals surface area contributed by atoms with Crippen molar-refractivity contribution in [3.8, 4) is 0 Å². The molecule has 0 aliphatic rings. The zero-order chi connectivity index (χ0) is 11.0. The molecular formula is C8H10Cl4Si2. The Morgan fingerprint density at radius 1 is 0.786 bits per heavy atom. The largest absolute Gasteiger partial charge is 0.372 e. The summed E-state index contributed by atoms with van der Waals surface area (Å²) in [5.74, 6) is 0. The first-order valence-corrected chi connectivity index (χ1v) is 13.1. The van der Waals surface area contributed by atoms with Crippen molar-refractivity contribution in [2.75, 3.05) is 0 Å². The van der Waals surface area contributed by atoms with E-state index < -0.39 is 13.4 Å². The molecule has 0 nitrogen and oxygen atoms in total. The Balaban J connectivity index is 3.02. The molecule has 0 aliphatic carbocycles. The molecule has 78 valence electrons. The highest BCUT2D eigenvalue weighted by Gasteiger charge is 2.28. The van der Waals surface area contributed by atoms with E-state index in [0.717, 1.165) is 10.4 Å². The van der Waals surface area contributed by atoms with Gasteiger partial charge in [0.05, 0.1) is 0 Å². The minimum absolute atomic E-state index is 0.807. The fraction of sp³-hybridized carbons (Fsp3) is 0.250. The minimum atomic E-state index is -2.73. The van der Waals surface area contributed by atoms with E-state index in [4.69, 9.17) is 44.3 Å². The average molecular weight is 304 g/mol. The second-order valence-electron chi connectivity index (χ2n) is 3.55. The second-order valence-corrected chi connectivity index (χ2v) is 18.3. The summed E-state index contributed by atoms with van der Waals surface area (Å²) in [5, 5.41) is 1.97. The van der Waals surface area contributed by atoms with E-state index in [1.807, 2.05) is 24.3 Å². The molecule has 0 saturated heterocycles. The molecule has 0 bridgehead atoms. The lowest BCUT2D eigenvalue weighted by Crippen LogP contribution is -2.38. The lowest BCUT2D eigenvalue weighted by Gasteiger charge is -2.15. The second kappa shape index (κ2) is 4.36. The molecule has 0 unspecified atom stereocenters. The molecular weight excluding hydrogens is 294 g/mol. The summed E-state index contributed by atoms with van der Waals surface area (Å²) in [6, 6.07) is 4.93. The summed E-state index contributed by atoms with van der Waals surface area (Å²) in [5.41, 5.74) is 0. The molecule has 6 heteroatoms. The maximum Gasteiger partial charge on any atom is 0.372 e. The highest BCUT2D eigenvalue weighted by molar-refractivity contribution is 7.69. The Labute approximate surface area is 105 Å². The van der Waals surface area contributed by atoms with Crippen LogP contribution >= 0.6 is 44.3 Å². The lowest BCUT2D eigenvalue weighted by atomic mass is 10.4. The maximum atomic E-state index is 6.28. The van der Waals surface area contributed by atoms with Crippen molar-refractivity contribution in [1.29, 1.82) is 0 Å². The zero-order valence-electron chi connectivity index (χ0n) is 7.82. The van der Waals surface area contributed by atoms with Crippen LogP contribution in [0.25, 0.3) is 0 Å². The Kier molecular flexibility index (Phi) is 4.01. The first-order chi connectivity index (χ1) is 6.21. The van der Waals surface area contributed by atoms with E-state index in [9.17, 15) is 0 Å². The minimum Gasteiger partial charge on any atom is -0.162 e. The SMILES string of the molecule is C[Si](C)(Cl)c1ccc([Si](Cl)(Cl)Cl)cc1. The molecule has 0 saturated carbocycles. The molecule has 0 aromatic heterocycles. The van der Waals surface area contributed by atoms with Crippen LogP contribution in [-0.4, -0.2) is 13.4 Å². The van der Waals surface area contributed by atoms with Gasteiger partial charge in [-0.05, 0) is 10.4 Å². The molecule has 0 fully saturated rings. The molecule has 0 atom stereocenters. The van der Waals surface area contributed by atoms with Crippen molar-refractivity contribution >= 4 is 68.1 Å². The van der Waals surface area contributed by atoms with E-state index in [2.05, 4.69) is 13.1 Å². The number of hydrogen-bond donors (Lipinski definition) is 0. The van der Waals surface area contributed by atoms with Crippen LogP contribution in [-0.2, 0) is 0 Å². The van der Waals surface area contributed by atoms with Crippen molar-refractivity contribution in [2.45, 2.75) is 13.1 Å². The predicted octanol–water partition coefficient (Wildman–Crippen LogP) is 3.20. The van der Waals surface area contributed by atoms with Crippen molar-refractivity contribution in [2.24, 2.45) is 0 Å². The van der Waals surface area contributed by atoms with Gasteiger partial charge in [-0.1, -0.05) is 37.4 Å². The van der Waals surface area contributed by atoms with Crippen LogP contribution in [0.5, 0.6) is 0 Å². The number of halogens is 4. The van der Waals surface area contributed by atoms with Crippen molar-refractivity contribution in [3.05, 3.63) is 24.3 Å². The number of rotatable bonds is 2. The van der Waals surface area contributed by atoms with E-state index in [-0.39, 0.29) is 0 Å². The fourth-order valence-electron chi connectivity index (χ4n) is 1.06. The molecule has 0 radical (unpaired) electrons. The molecule has 1 aromatic rings.